The Morgan fingerprint density at radius 3 is 2.60 bits per heavy atom. The molecule has 0 spiro atoms. The molecule has 1 unspecified atom stereocenters. The first-order valence-electron chi connectivity index (χ1n) is 8.47. The van der Waals surface area contributed by atoms with Crippen molar-refractivity contribution >= 4 is 17.5 Å². The highest BCUT2D eigenvalue weighted by Crippen LogP contribution is 2.29. The van der Waals surface area contributed by atoms with E-state index in [-0.39, 0.29) is 11.8 Å². The first-order chi connectivity index (χ1) is 12.0. The second kappa shape index (κ2) is 7.38. The molecule has 0 fully saturated rings. The van der Waals surface area contributed by atoms with Gasteiger partial charge in [0, 0.05) is 13.0 Å². The molecular formula is C20H22N2O3. The smallest absolute Gasteiger partial charge is 0.265 e. The number of carbonyl (C=O) groups excluding carboxylic acids is 2. The fraction of sp³-hybridized carbons (Fsp3) is 0.300. The van der Waals surface area contributed by atoms with Gasteiger partial charge in [-0.1, -0.05) is 44.2 Å². The number of para-hydroxylation sites is 2. The van der Waals surface area contributed by atoms with Gasteiger partial charge in [-0.3, -0.25) is 9.59 Å². The third-order valence-corrected chi connectivity index (χ3v) is 4.04. The Morgan fingerprint density at radius 2 is 1.84 bits per heavy atom. The zero-order valence-corrected chi connectivity index (χ0v) is 14.4. The van der Waals surface area contributed by atoms with Gasteiger partial charge in [0.25, 0.3) is 11.8 Å². The Hall–Kier alpha value is -2.82. The average Bonchev–Trinajstić information content (AvgIpc) is 3.04. The summed E-state index contributed by atoms with van der Waals surface area (Å²) in [4.78, 5) is 24.9. The number of ether oxygens (including phenoxy) is 1. The molecule has 2 N–H and O–H groups in total. The van der Waals surface area contributed by atoms with Crippen LogP contribution in [-0.2, 0) is 11.2 Å². The monoisotopic (exact) mass is 338 g/mol. The van der Waals surface area contributed by atoms with Crippen LogP contribution in [0.3, 0.4) is 0 Å². The number of anilines is 1. The van der Waals surface area contributed by atoms with Crippen molar-refractivity contribution in [3.8, 4) is 5.75 Å². The summed E-state index contributed by atoms with van der Waals surface area (Å²) in [7, 11) is 0. The van der Waals surface area contributed by atoms with Gasteiger partial charge in [0.05, 0.1) is 11.3 Å². The number of hydrogen-bond acceptors (Lipinski definition) is 3. The van der Waals surface area contributed by atoms with Crippen LogP contribution in [0.5, 0.6) is 5.75 Å². The van der Waals surface area contributed by atoms with E-state index in [0.29, 0.717) is 30.1 Å². The summed E-state index contributed by atoms with van der Waals surface area (Å²) in [5.41, 5.74) is 1.96. The van der Waals surface area contributed by atoms with E-state index in [1.165, 1.54) is 0 Å². The Kier molecular flexibility index (Phi) is 5.03. The maximum atomic E-state index is 12.6. The molecule has 1 aliphatic heterocycles. The molecule has 0 radical (unpaired) electrons. The molecule has 1 atom stereocenters. The molecule has 2 aromatic carbocycles. The van der Waals surface area contributed by atoms with Crippen LogP contribution in [0, 0.1) is 5.92 Å². The molecule has 3 rings (SSSR count). The first-order valence-corrected chi connectivity index (χ1v) is 8.47. The summed E-state index contributed by atoms with van der Waals surface area (Å²) >= 11 is 0. The predicted molar refractivity (Wildman–Crippen MR) is 96.8 cm³/mol. The maximum Gasteiger partial charge on any atom is 0.265 e. The quantitative estimate of drug-likeness (QED) is 0.881. The van der Waals surface area contributed by atoms with Crippen LogP contribution < -0.4 is 15.4 Å². The third-order valence-electron chi connectivity index (χ3n) is 4.04. The summed E-state index contributed by atoms with van der Waals surface area (Å²) in [5, 5.41) is 5.71. The summed E-state index contributed by atoms with van der Waals surface area (Å²) in [6.07, 6.45) is -0.0480. The van der Waals surface area contributed by atoms with E-state index in [4.69, 9.17) is 4.74 Å². The lowest BCUT2D eigenvalue weighted by Gasteiger charge is -2.15. The number of amides is 2. The fourth-order valence-electron chi connectivity index (χ4n) is 2.72. The molecule has 2 aromatic rings. The van der Waals surface area contributed by atoms with E-state index in [1.807, 2.05) is 38.1 Å². The lowest BCUT2D eigenvalue weighted by Crippen LogP contribution is -2.33. The van der Waals surface area contributed by atoms with Gasteiger partial charge in [-0.2, -0.15) is 0 Å². The summed E-state index contributed by atoms with van der Waals surface area (Å²) in [6, 6.07) is 14.6. The van der Waals surface area contributed by atoms with Crippen LogP contribution in [0.1, 0.15) is 29.8 Å². The van der Waals surface area contributed by atoms with E-state index in [2.05, 4.69) is 10.6 Å². The van der Waals surface area contributed by atoms with Crippen molar-refractivity contribution in [3.05, 3.63) is 59.7 Å². The van der Waals surface area contributed by atoms with Gasteiger partial charge in [0.1, 0.15) is 5.75 Å². The van der Waals surface area contributed by atoms with E-state index >= 15 is 0 Å². The fourth-order valence-corrected chi connectivity index (χ4v) is 2.72. The highest BCUT2D eigenvalue weighted by Gasteiger charge is 2.29. The summed E-state index contributed by atoms with van der Waals surface area (Å²) in [5.74, 6) is 0.655. The third kappa shape index (κ3) is 3.99. The van der Waals surface area contributed by atoms with Crippen molar-refractivity contribution in [1.29, 1.82) is 0 Å². The van der Waals surface area contributed by atoms with Crippen molar-refractivity contribution in [3.63, 3.8) is 0 Å². The topological polar surface area (TPSA) is 67.4 Å². The predicted octanol–water partition coefficient (Wildman–Crippen LogP) is 3.01. The Labute approximate surface area is 147 Å². The SMILES string of the molecule is CC(C)CNC(=O)c1ccccc1NC(=O)C1Cc2ccccc2O1. The summed E-state index contributed by atoms with van der Waals surface area (Å²) in [6.45, 7) is 4.65. The molecule has 1 heterocycles. The largest absolute Gasteiger partial charge is 0.480 e. The minimum absolute atomic E-state index is 0.194. The van der Waals surface area contributed by atoms with E-state index in [9.17, 15) is 9.59 Å². The number of rotatable bonds is 5. The molecule has 0 bridgehead atoms. The molecule has 25 heavy (non-hydrogen) atoms. The average molecular weight is 338 g/mol. The van der Waals surface area contributed by atoms with Crippen LogP contribution in [0.4, 0.5) is 5.69 Å². The molecule has 130 valence electrons. The van der Waals surface area contributed by atoms with Crippen molar-refractivity contribution in [1.82, 2.24) is 5.32 Å². The molecule has 1 aliphatic rings. The van der Waals surface area contributed by atoms with E-state index < -0.39 is 6.10 Å². The number of carbonyl (C=O) groups is 2. The molecule has 0 saturated heterocycles. The van der Waals surface area contributed by atoms with Gasteiger partial charge in [-0.05, 0) is 29.7 Å². The molecule has 0 aliphatic carbocycles. The first kappa shape index (κ1) is 17.0. The number of fused-ring (bicyclic) bond motifs is 1. The van der Waals surface area contributed by atoms with Crippen LogP contribution in [0.15, 0.2) is 48.5 Å². The van der Waals surface area contributed by atoms with Crippen LogP contribution in [-0.4, -0.2) is 24.5 Å². The van der Waals surface area contributed by atoms with Gasteiger partial charge < -0.3 is 15.4 Å². The second-order valence-electron chi connectivity index (χ2n) is 6.56. The van der Waals surface area contributed by atoms with Crippen molar-refractivity contribution in [2.45, 2.75) is 26.4 Å². The lowest BCUT2D eigenvalue weighted by atomic mass is 10.1. The number of hydrogen-bond donors (Lipinski definition) is 2. The van der Waals surface area contributed by atoms with Crippen molar-refractivity contribution in [2.24, 2.45) is 5.92 Å². The summed E-state index contributed by atoms with van der Waals surface area (Å²) < 4.78 is 5.71. The lowest BCUT2D eigenvalue weighted by molar-refractivity contribution is -0.122. The molecule has 5 heteroatoms. The molecule has 0 aromatic heterocycles. The minimum Gasteiger partial charge on any atom is -0.480 e. The van der Waals surface area contributed by atoms with Crippen molar-refractivity contribution < 1.29 is 14.3 Å². The van der Waals surface area contributed by atoms with Crippen LogP contribution in [0.2, 0.25) is 0 Å². The van der Waals surface area contributed by atoms with Gasteiger partial charge in [0.15, 0.2) is 6.10 Å². The second-order valence-corrected chi connectivity index (χ2v) is 6.56. The Bertz CT molecular complexity index is 761. The molecule has 2 amide bonds. The van der Waals surface area contributed by atoms with E-state index in [1.54, 1.807) is 24.3 Å². The molecule has 5 nitrogen and oxygen atoms in total. The zero-order chi connectivity index (χ0) is 17.8. The van der Waals surface area contributed by atoms with Gasteiger partial charge in [-0.25, -0.2) is 0 Å². The minimum atomic E-state index is -0.579. The maximum absolute atomic E-state index is 12.6. The highest BCUT2D eigenvalue weighted by atomic mass is 16.5. The van der Waals surface area contributed by atoms with Gasteiger partial charge >= 0.3 is 0 Å². The van der Waals surface area contributed by atoms with Crippen LogP contribution in [0.25, 0.3) is 0 Å². The van der Waals surface area contributed by atoms with Gasteiger partial charge in [0.2, 0.25) is 0 Å². The standard InChI is InChI=1S/C20H22N2O3/c1-13(2)12-21-19(23)15-8-4-5-9-16(15)22-20(24)18-11-14-7-3-6-10-17(14)25-18/h3-10,13,18H,11-12H2,1-2H3,(H,21,23)(H,22,24). The zero-order valence-electron chi connectivity index (χ0n) is 14.4. The molecular weight excluding hydrogens is 316 g/mol. The highest BCUT2D eigenvalue weighted by molar-refractivity contribution is 6.04. The van der Waals surface area contributed by atoms with E-state index in [0.717, 1.165) is 11.3 Å². The van der Waals surface area contributed by atoms with Crippen molar-refractivity contribution in [2.75, 3.05) is 11.9 Å². The Balaban J connectivity index is 1.69. The normalized spacial score (nSPS) is 15.4. The number of nitrogens with one attached hydrogen (secondary N) is 2. The molecule has 0 saturated carbocycles. The number of benzene rings is 2. The van der Waals surface area contributed by atoms with Crippen LogP contribution >= 0.6 is 0 Å². The van der Waals surface area contributed by atoms with Gasteiger partial charge in [-0.15, -0.1) is 0 Å². The Morgan fingerprint density at radius 1 is 1.12 bits per heavy atom.